The van der Waals surface area contributed by atoms with Gasteiger partial charge in [0.15, 0.2) is 0 Å². The highest BCUT2D eigenvalue weighted by Gasteiger charge is 2.31. The largest absolute Gasteiger partial charge is 0.378 e. The Bertz CT molecular complexity index is 1030. The standard InChI is InChI=1S/C21H26N4O5S/c1-16-6-8-18(9-7-16)31(29,30)24-14-10-17(11-15-24)21(26)23-13-12-22-19-4-2-3-5-20(19)25(27)28/h2-9,17,22H,10-15H2,1H3,(H,23,26). The number of nitro groups is 1. The average molecular weight is 447 g/mol. The van der Waals surface area contributed by atoms with Crippen LogP contribution in [0.25, 0.3) is 0 Å². The topological polar surface area (TPSA) is 122 Å². The fraction of sp³-hybridized carbons (Fsp3) is 0.381. The highest BCUT2D eigenvalue weighted by atomic mass is 32.2. The van der Waals surface area contributed by atoms with Crippen molar-refractivity contribution < 1.29 is 18.1 Å². The van der Waals surface area contributed by atoms with E-state index in [1.807, 2.05) is 6.92 Å². The second-order valence-corrected chi connectivity index (χ2v) is 9.42. The smallest absolute Gasteiger partial charge is 0.292 e. The van der Waals surface area contributed by atoms with Crippen LogP contribution in [0.2, 0.25) is 0 Å². The Morgan fingerprint density at radius 2 is 1.74 bits per heavy atom. The zero-order chi connectivity index (χ0) is 22.4. The van der Waals surface area contributed by atoms with Gasteiger partial charge in [-0.25, -0.2) is 8.42 Å². The predicted molar refractivity (Wildman–Crippen MR) is 117 cm³/mol. The summed E-state index contributed by atoms with van der Waals surface area (Å²) >= 11 is 0. The minimum absolute atomic E-state index is 0.0176. The Morgan fingerprint density at radius 1 is 1.10 bits per heavy atom. The molecule has 0 spiro atoms. The molecule has 1 fully saturated rings. The van der Waals surface area contributed by atoms with Crippen molar-refractivity contribution in [3.8, 4) is 0 Å². The molecule has 0 unspecified atom stereocenters. The number of anilines is 1. The molecule has 1 heterocycles. The molecule has 2 aromatic carbocycles. The molecule has 0 bridgehead atoms. The summed E-state index contributed by atoms with van der Waals surface area (Å²) in [4.78, 5) is 23.3. The van der Waals surface area contributed by atoms with Gasteiger partial charge in [-0.1, -0.05) is 29.8 Å². The van der Waals surface area contributed by atoms with E-state index in [4.69, 9.17) is 0 Å². The summed E-state index contributed by atoms with van der Waals surface area (Å²) in [5.74, 6) is -0.382. The maximum Gasteiger partial charge on any atom is 0.292 e. The molecule has 1 saturated heterocycles. The fourth-order valence-corrected chi connectivity index (χ4v) is 5.00. The number of nitrogens with one attached hydrogen (secondary N) is 2. The van der Waals surface area contributed by atoms with Crippen molar-refractivity contribution >= 4 is 27.3 Å². The lowest BCUT2D eigenvalue weighted by atomic mass is 9.97. The van der Waals surface area contributed by atoms with Crippen LogP contribution in [0.4, 0.5) is 11.4 Å². The number of nitrogens with zero attached hydrogens (tertiary/aromatic N) is 2. The van der Waals surface area contributed by atoms with Crippen molar-refractivity contribution in [2.24, 2.45) is 5.92 Å². The first-order valence-corrected chi connectivity index (χ1v) is 11.5. The summed E-state index contributed by atoms with van der Waals surface area (Å²) in [5.41, 5.74) is 1.37. The average Bonchev–Trinajstić information content (AvgIpc) is 2.77. The molecule has 1 aliphatic heterocycles. The third-order valence-corrected chi connectivity index (χ3v) is 7.24. The molecular formula is C21H26N4O5S. The number of benzene rings is 2. The number of aryl methyl sites for hydroxylation is 1. The Hall–Kier alpha value is -2.98. The second-order valence-electron chi connectivity index (χ2n) is 7.48. The summed E-state index contributed by atoms with van der Waals surface area (Å²) in [6.45, 7) is 3.15. The first kappa shape index (κ1) is 22.7. The lowest BCUT2D eigenvalue weighted by Crippen LogP contribution is -2.43. The second kappa shape index (κ2) is 9.88. The van der Waals surface area contributed by atoms with Gasteiger partial charge in [-0.3, -0.25) is 14.9 Å². The van der Waals surface area contributed by atoms with Crippen LogP contribution in [0, 0.1) is 23.0 Å². The summed E-state index contributed by atoms with van der Waals surface area (Å²) in [5, 5.41) is 16.8. The summed E-state index contributed by atoms with van der Waals surface area (Å²) in [6, 6.07) is 13.1. The van der Waals surface area contributed by atoms with Gasteiger partial charge in [-0.2, -0.15) is 4.31 Å². The number of piperidine rings is 1. The van der Waals surface area contributed by atoms with Gasteiger partial charge < -0.3 is 10.6 Å². The van der Waals surface area contributed by atoms with Crippen LogP contribution >= 0.6 is 0 Å². The van der Waals surface area contributed by atoms with Crippen molar-refractivity contribution in [3.05, 3.63) is 64.2 Å². The SMILES string of the molecule is Cc1ccc(S(=O)(=O)N2CCC(C(=O)NCCNc3ccccc3[N+](=O)[O-])CC2)cc1. The van der Waals surface area contributed by atoms with Gasteiger partial charge in [0, 0.05) is 38.2 Å². The van der Waals surface area contributed by atoms with E-state index in [1.165, 1.54) is 10.4 Å². The number of carbonyl (C=O) groups is 1. The van der Waals surface area contributed by atoms with Gasteiger partial charge in [0.2, 0.25) is 15.9 Å². The Balaban J connectivity index is 1.45. The number of sulfonamides is 1. The third-order valence-electron chi connectivity index (χ3n) is 5.32. The summed E-state index contributed by atoms with van der Waals surface area (Å²) in [7, 11) is -3.55. The molecule has 10 heteroatoms. The lowest BCUT2D eigenvalue weighted by molar-refractivity contribution is -0.384. The third kappa shape index (κ3) is 5.59. The molecule has 0 aromatic heterocycles. The maximum atomic E-state index is 12.8. The van der Waals surface area contributed by atoms with E-state index < -0.39 is 14.9 Å². The minimum atomic E-state index is -3.55. The Kier molecular flexibility index (Phi) is 7.24. The molecule has 1 aliphatic rings. The van der Waals surface area contributed by atoms with Crippen LogP contribution in [0.3, 0.4) is 0 Å². The van der Waals surface area contributed by atoms with Gasteiger partial charge in [-0.15, -0.1) is 0 Å². The number of amides is 1. The molecule has 9 nitrogen and oxygen atoms in total. The molecule has 0 aliphatic carbocycles. The van der Waals surface area contributed by atoms with Gasteiger partial charge in [0.05, 0.1) is 9.82 Å². The molecule has 1 amide bonds. The van der Waals surface area contributed by atoms with Crippen molar-refractivity contribution in [1.82, 2.24) is 9.62 Å². The van der Waals surface area contributed by atoms with Crippen LogP contribution in [0.1, 0.15) is 18.4 Å². The predicted octanol–water partition coefficient (Wildman–Crippen LogP) is 2.53. The van der Waals surface area contributed by atoms with Gasteiger partial charge in [-0.05, 0) is 38.0 Å². The van der Waals surface area contributed by atoms with Gasteiger partial charge in [0.25, 0.3) is 5.69 Å². The first-order chi connectivity index (χ1) is 14.8. The van der Waals surface area contributed by atoms with Crippen LogP contribution < -0.4 is 10.6 Å². The molecule has 0 saturated carbocycles. The molecule has 0 radical (unpaired) electrons. The molecule has 166 valence electrons. The first-order valence-electron chi connectivity index (χ1n) is 10.1. The van der Waals surface area contributed by atoms with Crippen molar-refractivity contribution in [3.63, 3.8) is 0 Å². The van der Waals surface area contributed by atoms with E-state index in [9.17, 15) is 23.3 Å². The number of nitro benzene ring substituents is 1. The number of carbonyl (C=O) groups excluding carboxylic acids is 1. The van der Waals surface area contributed by atoms with E-state index in [-0.39, 0.29) is 22.4 Å². The fourth-order valence-electron chi connectivity index (χ4n) is 3.53. The maximum absolute atomic E-state index is 12.8. The lowest BCUT2D eigenvalue weighted by Gasteiger charge is -2.30. The van der Waals surface area contributed by atoms with E-state index >= 15 is 0 Å². The van der Waals surface area contributed by atoms with E-state index in [2.05, 4.69) is 10.6 Å². The monoisotopic (exact) mass is 446 g/mol. The van der Waals surface area contributed by atoms with Crippen LogP contribution in [0.15, 0.2) is 53.4 Å². The molecular weight excluding hydrogens is 420 g/mol. The van der Waals surface area contributed by atoms with Crippen molar-refractivity contribution in [2.75, 3.05) is 31.5 Å². The van der Waals surface area contributed by atoms with Crippen molar-refractivity contribution in [2.45, 2.75) is 24.7 Å². The van der Waals surface area contributed by atoms with Crippen LogP contribution in [-0.4, -0.2) is 49.7 Å². The zero-order valence-electron chi connectivity index (χ0n) is 17.3. The molecule has 0 atom stereocenters. The zero-order valence-corrected chi connectivity index (χ0v) is 18.1. The number of hydrogen-bond acceptors (Lipinski definition) is 6. The van der Waals surface area contributed by atoms with Gasteiger partial charge in [0.1, 0.15) is 5.69 Å². The quantitative estimate of drug-likeness (QED) is 0.365. The van der Waals surface area contributed by atoms with E-state index in [0.717, 1.165) is 5.56 Å². The summed E-state index contributed by atoms with van der Waals surface area (Å²) < 4.78 is 27.0. The minimum Gasteiger partial charge on any atom is -0.378 e. The number of rotatable bonds is 8. The van der Waals surface area contributed by atoms with Gasteiger partial charge >= 0.3 is 0 Å². The number of hydrogen-bond donors (Lipinski definition) is 2. The number of para-hydroxylation sites is 2. The van der Waals surface area contributed by atoms with E-state index in [1.54, 1.807) is 42.5 Å². The normalized spacial score (nSPS) is 15.4. The highest BCUT2D eigenvalue weighted by Crippen LogP contribution is 2.25. The summed E-state index contributed by atoms with van der Waals surface area (Å²) in [6.07, 6.45) is 0.906. The highest BCUT2D eigenvalue weighted by molar-refractivity contribution is 7.89. The van der Waals surface area contributed by atoms with Crippen LogP contribution in [0.5, 0.6) is 0 Å². The molecule has 3 rings (SSSR count). The Labute approximate surface area is 181 Å². The van der Waals surface area contributed by atoms with Crippen molar-refractivity contribution in [1.29, 1.82) is 0 Å². The molecule has 2 N–H and O–H groups in total. The van der Waals surface area contributed by atoms with E-state index in [0.29, 0.717) is 44.7 Å². The molecule has 2 aromatic rings. The van der Waals surface area contributed by atoms with Crippen LogP contribution in [-0.2, 0) is 14.8 Å². The molecule has 31 heavy (non-hydrogen) atoms. The Morgan fingerprint density at radius 3 is 2.39 bits per heavy atom.